The molecule has 1 aromatic heterocycles. The highest BCUT2D eigenvalue weighted by Crippen LogP contribution is 2.19. The Labute approximate surface area is 128 Å². The van der Waals surface area contributed by atoms with Crippen LogP contribution in [0.15, 0.2) is 36.8 Å². The van der Waals surface area contributed by atoms with Crippen LogP contribution in [-0.4, -0.2) is 28.5 Å². The molecule has 2 rings (SSSR count). The van der Waals surface area contributed by atoms with Gasteiger partial charge in [-0.2, -0.15) is 0 Å². The maximum Gasteiger partial charge on any atom is 0.271 e. The third-order valence-corrected chi connectivity index (χ3v) is 2.85. The molecule has 0 unspecified atom stereocenters. The van der Waals surface area contributed by atoms with Gasteiger partial charge in [0.05, 0.1) is 12.3 Å². The van der Waals surface area contributed by atoms with Crippen molar-refractivity contribution in [3.05, 3.63) is 53.9 Å². The van der Waals surface area contributed by atoms with Crippen molar-refractivity contribution in [2.24, 2.45) is 0 Å². The fourth-order valence-electron chi connectivity index (χ4n) is 1.88. The van der Waals surface area contributed by atoms with E-state index in [2.05, 4.69) is 15.3 Å². The second kappa shape index (κ2) is 7.49. The Hall–Kier alpha value is -2.50. The van der Waals surface area contributed by atoms with Crippen LogP contribution in [0.3, 0.4) is 0 Å². The van der Waals surface area contributed by atoms with Gasteiger partial charge in [0, 0.05) is 18.9 Å². The number of carbonyl (C=O) groups excluding carboxylic acids is 1. The minimum absolute atomic E-state index is 0.0772. The van der Waals surface area contributed by atoms with E-state index in [1.54, 1.807) is 12.1 Å². The topological polar surface area (TPSA) is 64.1 Å². The molecule has 0 atom stereocenters. The van der Waals surface area contributed by atoms with Crippen LogP contribution in [0.25, 0.3) is 0 Å². The fourth-order valence-corrected chi connectivity index (χ4v) is 1.88. The number of hydrogen-bond acceptors (Lipinski definition) is 4. The molecule has 6 heteroatoms. The van der Waals surface area contributed by atoms with E-state index in [1.807, 2.05) is 13.8 Å². The van der Waals surface area contributed by atoms with E-state index in [9.17, 15) is 9.18 Å². The van der Waals surface area contributed by atoms with Crippen LogP contribution in [0.4, 0.5) is 4.39 Å². The van der Waals surface area contributed by atoms with E-state index >= 15 is 0 Å². The third-order valence-electron chi connectivity index (χ3n) is 2.85. The Balaban J connectivity index is 1.87. The van der Waals surface area contributed by atoms with Crippen molar-refractivity contribution < 1.29 is 13.9 Å². The number of nitrogens with one attached hydrogen (secondary N) is 1. The van der Waals surface area contributed by atoms with E-state index in [0.717, 1.165) is 5.56 Å². The number of rotatable bonds is 6. The summed E-state index contributed by atoms with van der Waals surface area (Å²) in [4.78, 5) is 19.5. The van der Waals surface area contributed by atoms with Gasteiger partial charge >= 0.3 is 0 Å². The summed E-state index contributed by atoms with van der Waals surface area (Å²) in [6.45, 7) is 4.07. The molecular formula is C16H18FN3O2. The molecule has 2 aromatic rings. The summed E-state index contributed by atoms with van der Waals surface area (Å²) >= 11 is 0. The molecule has 116 valence electrons. The molecular weight excluding hydrogens is 285 g/mol. The third kappa shape index (κ3) is 4.51. The van der Waals surface area contributed by atoms with E-state index in [1.165, 1.54) is 24.7 Å². The maximum atomic E-state index is 13.8. The maximum absolute atomic E-state index is 13.8. The highest BCUT2D eigenvalue weighted by molar-refractivity contribution is 5.91. The molecule has 1 N–H and O–H groups in total. The van der Waals surface area contributed by atoms with Crippen LogP contribution in [0.5, 0.6) is 5.75 Å². The average Bonchev–Trinajstić information content (AvgIpc) is 2.50. The largest absolute Gasteiger partial charge is 0.488 e. The summed E-state index contributed by atoms with van der Waals surface area (Å²) in [6, 6.07) is 4.82. The first-order chi connectivity index (χ1) is 10.6. The molecule has 1 aromatic carbocycles. The van der Waals surface area contributed by atoms with E-state index in [4.69, 9.17) is 4.74 Å². The summed E-state index contributed by atoms with van der Waals surface area (Å²) in [5, 5.41) is 2.72. The van der Waals surface area contributed by atoms with Crippen molar-refractivity contribution in [3.8, 4) is 5.75 Å². The molecule has 0 spiro atoms. The minimum atomic E-state index is -0.397. The molecule has 0 saturated heterocycles. The average molecular weight is 303 g/mol. The zero-order valence-corrected chi connectivity index (χ0v) is 12.5. The molecule has 0 fully saturated rings. The lowest BCUT2D eigenvalue weighted by atomic mass is 10.1. The van der Waals surface area contributed by atoms with Gasteiger partial charge in [-0.05, 0) is 38.0 Å². The molecule has 0 aliphatic rings. The van der Waals surface area contributed by atoms with Crippen LogP contribution >= 0.6 is 0 Å². The normalized spacial score (nSPS) is 10.5. The standard InChI is InChI=1S/C16H18FN3O2/c1-11(2)22-15-4-3-12(9-13(15)17)5-6-20-16(21)14-10-18-7-8-19-14/h3-4,7-11H,5-6H2,1-2H3,(H,20,21). The number of halogens is 1. The Morgan fingerprint density at radius 3 is 2.82 bits per heavy atom. The number of amides is 1. The highest BCUT2D eigenvalue weighted by Gasteiger charge is 2.08. The molecule has 0 bridgehead atoms. The fraction of sp³-hybridized carbons (Fsp3) is 0.312. The van der Waals surface area contributed by atoms with E-state index in [0.29, 0.717) is 13.0 Å². The summed E-state index contributed by atoms with van der Waals surface area (Å²) in [5.41, 5.74) is 1.04. The molecule has 1 heterocycles. The first-order valence-electron chi connectivity index (χ1n) is 7.05. The van der Waals surface area contributed by atoms with Crippen LogP contribution in [0, 0.1) is 5.82 Å². The smallest absolute Gasteiger partial charge is 0.271 e. The first-order valence-corrected chi connectivity index (χ1v) is 7.05. The summed E-state index contributed by atoms with van der Waals surface area (Å²) in [6.07, 6.45) is 4.79. The zero-order valence-electron chi connectivity index (χ0n) is 12.5. The summed E-state index contributed by atoms with van der Waals surface area (Å²) in [5.74, 6) is -0.456. The van der Waals surface area contributed by atoms with Gasteiger partial charge in [-0.15, -0.1) is 0 Å². The number of benzene rings is 1. The van der Waals surface area contributed by atoms with Crippen molar-refractivity contribution in [2.75, 3.05) is 6.54 Å². The van der Waals surface area contributed by atoms with Crippen molar-refractivity contribution in [3.63, 3.8) is 0 Å². The van der Waals surface area contributed by atoms with Gasteiger partial charge in [-0.1, -0.05) is 6.07 Å². The highest BCUT2D eigenvalue weighted by atomic mass is 19.1. The molecule has 5 nitrogen and oxygen atoms in total. The quantitative estimate of drug-likeness (QED) is 0.890. The van der Waals surface area contributed by atoms with Gasteiger partial charge in [0.2, 0.25) is 0 Å². The minimum Gasteiger partial charge on any atom is -0.488 e. The van der Waals surface area contributed by atoms with E-state index in [-0.39, 0.29) is 23.5 Å². The summed E-state index contributed by atoms with van der Waals surface area (Å²) < 4.78 is 19.2. The molecule has 0 saturated carbocycles. The van der Waals surface area contributed by atoms with Crippen molar-refractivity contribution in [1.29, 1.82) is 0 Å². The molecule has 0 aliphatic carbocycles. The van der Waals surface area contributed by atoms with Crippen LogP contribution in [-0.2, 0) is 6.42 Å². The van der Waals surface area contributed by atoms with Gasteiger partial charge in [0.15, 0.2) is 11.6 Å². The van der Waals surface area contributed by atoms with Crippen LogP contribution in [0.2, 0.25) is 0 Å². The number of hydrogen-bond donors (Lipinski definition) is 1. The summed E-state index contributed by atoms with van der Waals surface area (Å²) in [7, 11) is 0. The Morgan fingerprint density at radius 2 is 2.18 bits per heavy atom. The molecule has 0 aliphatic heterocycles. The second-order valence-corrected chi connectivity index (χ2v) is 5.03. The van der Waals surface area contributed by atoms with Gasteiger partial charge in [-0.25, -0.2) is 9.37 Å². The lowest BCUT2D eigenvalue weighted by molar-refractivity contribution is 0.0948. The molecule has 22 heavy (non-hydrogen) atoms. The lowest BCUT2D eigenvalue weighted by Gasteiger charge is -2.11. The van der Waals surface area contributed by atoms with Crippen LogP contribution < -0.4 is 10.1 Å². The lowest BCUT2D eigenvalue weighted by Crippen LogP contribution is -2.26. The monoisotopic (exact) mass is 303 g/mol. The van der Waals surface area contributed by atoms with Gasteiger partial charge in [0.1, 0.15) is 5.69 Å². The van der Waals surface area contributed by atoms with Crippen molar-refractivity contribution >= 4 is 5.91 Å². The van der Waals surface area contributed by atoms with Crippen molar-refractivity contribution in [2.45, 2.75) is 26.4 Å². The molecule has 1 amide bonds. The Kier molecular flexibility index (Phi) is 5.41. The van der Waals surface area contributed by atoms with Gasteiger partial charge in [0.25, 0.3) is 5.91 Å². The predicted octanol–water partition coefficient (Wildman–Crippen LogP) is 2.38. The van der Waals surface area contributed by atoms with Gasteiger partial charge < -0.3 is 10.1 Å². The number of aromatic nitrogens is 2. The first kappa shape index (κ1) is 15.9. The zero-order chi connectivity index (χ0) is 15.9. The van der Waals surface area contributed by atoms with E-state index < -0.39 is 5.82 Å². The number of carbonyl (C=O) groups is 1. The Morgan fingerprint density at radius 1 is 1.36 bits per heavy atom. The molecule has 0 radical (unpaired) electrons. The predicted molar refractivity (Wildman–Crippen MR) is 80.2 cm³/mol. The Bertz CT molecular complexity index is 633. The number of nitrogens with zero attached hydrogens (tertiary/aromatic N) is 2. The second-order valence-electron chi connectivity index (χ2n) is 5.03. The van der Waals surface area contributed by atoms with Crippen LogP contribution in [0.1, 0.15) is 29.9 Å². The van der Waals surface area contributed by atoms with Crippen molar-refractivity contribution in [1.82, 2.24) is 15.3 Å². The van der Waals surface area contributed by atoms with Gasteiger partial charge in [-0.3, -0.25) is 9.78 Å². The number of ether oxygens (including phenoxy) is 1. The SMILES string of the molecule is CC(C)Oc1ccc(CCNC(=O)c2cnccn2)cc1F.